The summed E-state index contributed by atoms with van der Waals surface area (Å²) in [4.78, 5) is 8.42. The molecule has 0 spiro atoms. The summed E-state index contributed by atoms with van der Waals surface area (Å²) in [5.41, 5.74) is 6.54. The first-order valence-electron chi connectivity index (χ1n) is 4.95. The molecule has 0 aliphatic carbocycles. The second-order valence-electron chi connectivity index (χ2n) is 3.38. The van der Waals surface area contributed by atoms with Crippen molar-refractivity contribution in [3.05, 3.63) is 24.0 Å². The van der Waals surface area contributed by atoms with Gasteiger partial charge >= 0.3 is 0 Å². The topological polar surface area (TPSA) is 81.3 Å². The minimum absolute atomic E-state index is 0.00884. The summed E-state index contributed by atoms with van der Waals surface area (Å²) in [6.45, 7) is 0.00884. The third-order valence-corrected chi connectivity index (χ3v) is 2.32. The van der Waals surface area contributed by atoms with Gasteiger partial charge in [0.1, 0.15) is 17.4 Å². The Morgan fingerprint density at radius 1 is 1.38 bits per heavy atom. The molecule has 2 aromatic rings. The molecule has 2 rings (SSSR count). The van der Waals surface area contributed by atoms with E-state index in [4.69, 9.17) is 15.6 Å². The SMILES string of the molecule is COc1ccc2c(N)nc(CCO)nc2c1. The van der Waals surface area contributed by atoms with Gasteiger partial charge in [0, 0.05) is 17.9 Å². The van der Waals surface area contributed by atoms with Gasteiger partial charge in [-0.3, -0.25) is 0 Å². The number of benzene rings is 1. The molecule has 84 valence electrons. The van der Waals surface area contributed by atoms with Crippen LogP contribution in [0.1, 0.15) is 5.82 Å². The molecule has 0 aliphatic rings. The highest BCUT2D eigenvalue weighted by Gasteiger charge is 2.05. The first-order chi connectivity index (χ1) is 7.74. The summed E-state index contributed by atoms with van der Waals surface area (Å²) in [6, 6.07) is 5.44. The van der Waals surface area contributed by atoms with Gasteiger partial charge in [0.15, 0.2) is 0 Å². The Bertz CT molecular complexity index is 514. The first-order valence-corrected chi connectivity index (χ1v) is 4.95. The Morgan fingerprint density at radius 2 is 2.19 bits per heavy atom. The van der Waals surface area contributed by atoms with Gasteiger partial charge in [-0.2, -0.15) is 0 Å². The third-order valence-electron chi connectivity index (χ3n) is 2.32. The van der Waals surface area contributed by atoms with Gasteiger partial charge in [0.05, 0.1) is 19.2 Å². The molecular weight excluding hydrogens is 206 g/mol. The standard InChI is InChI=1S/C11H13N3O2/c1-16-7-2-3-8-9(6-7)13-10(4-5-15)14-11(8)12/h2-3,6,15H,4-5H2,1H3,(H2,12,13,14). The fourth-order valence-electron chi connectivity index (χ4n) is 1.52. The van der Waals surface area contributed by atoms with Crippen LogP contribution in [0.25, 0.3) is 10.9 Å². The highest BCUT2D eigenvalue weighted by Crippen LogP contribution is 2.22. The van der Waals surface area contributed by atoms with Gasteiger partial charge < -0.3 is 15.6 Å². The summed E-state index contributed by atoms with van der Waals surface area (Å²) in [5.74, 6) is 1.69. The van der Waals surface area contributed by atoms with Crippen molar-refractivity contribution in [1.29, 1.82) is 0 Å². The number of aliphatic hydroxyl groups is 1. The highest BCUT2D eigenvalue weighted by atomic mass is 16.5. The molecule has 0 fully saturated rings. The second kappa shape index (κ2) is 4.32. The van der Waals surface area contributed by atoms with E-state index in [1.807, 2.05) is 12.1 Å². The molecule has 16 heavy (non-hydrogen) atoms. The highest BCUT2D eigenvalue weighted by molar-refractivity contribution is 5.88. The summed E-state index contributed by atoms with van der Waals surface area (Å²) in [6.07, 6.45) is 0.400. The molecule has 1 heterocycles. The Labute approximate surface area is 92.9 Å². The van der Waals surface area contributed by atoms with Gasteiger partial charge in [-0.25, -0.2) is 9.97 Å². The van der Waals surface area contributed by atoms with Crippen LogP contribution in [0.3, 0.4) is 0 Å². The predicted molar refractivity (Wildman–Crippen MR) is 61.3 cm³/mol. The van der Waals surface area contributed by atoms with Gasteiger partial charge in [0.25, 0.3) is 0 Å². The minimum atomic E-state index is 0.00884. The number of rotatable bonds is 3. The van der Waals surface area contributed by atoms with E-state index in [0.29, 0.717) is 18.1 Å². The van der Waals surface area contributed by atoms with Crippen LogP contribution in [0.2, 0.25) is 0 Å². The molecule has 5 heteroatoms. The summed E-state index contributed by atoms with van der Waals surface area (Å²) >= 11 is 0. The molecule has 0 bridgehead atoms. The molecule has 0 amide bonds. The molecule has 0 saturated carbocycles. The van der Waals surface area contributed by atoms with Gasteiger partial charge in [-0.15, -0.1) is 0 Å². The minimum Gasteiger partial charge on any atom is -0.497 e. The Morgan fingerprint density at radius 3 is 2.88 bits per heavy atom. The summed E-state index contributed by atoms with van der Waals surface area (Å²) < 4.78 is 5.11. The predicted octanol–water partition coefficient (Wildman–Crippen LogP) is 0.755. The lowest BCUT2D eigenvalue weighted by atomic mass is 10.2. The maximum atomic E-state index is 8.84. The average Bonchev–Trinajstić information content (AvgIpc) is 2.28. The third kappa shape index (κ3) is 1.90. The zero-order chi connectivity index (χ0) is 11.5. The molecule has 0 atom stereocenters. The molecule has 3 N–H and O–H groups in total. The normalized spacial score (nSPS) is 10.6. The maximum Gasteiger partial charge on any atom is 0.135 e. The molecule has 0 unspecified atom stereocenters. The Kier molecular flexibility index (Phi) is 2.87. The number of nitrogens with two attached hydrogens (primary N) is 1. The summed E-state index contributed by atoms with van der Waals surface area (Å²) in [5, 5.41) is 9.63. The zero-order valence-electron chi connectivity index (χ0n) is 8.97. The van der Waals surface area contributed by atoms with E-state index in [0.717, 1.165) is 16.7 Å². The van der Waals surface area contributed by atoms with Crippen LogP contribution in [0.5, 0.6) is 5.75 Å². The van der Waals surface area contributed by atoms with Gasteiger partial charge in [-0.1, -0.05) is 0 Å². The quantitative estimate of drug-likeness (QED) is 0.796. The van der Waals surface area contributed by atoms with E-state index in [-0.39, 0.29) is 6.61 Å². The largest absolute Gasteiger partial charge is 0.497 e. The number of hydrogen-bond donors (Lipinski definition) is 2. The molecule has 1 aromatic heterocycles. The molecular formula is C11H13N3O2. The van der Waals surface area contributed by atoms with E-state index < -0.39 is 0 Å². The van der Waals surface area contributed by atoms with Crippen molar-refractivity contribution in [2.45, 2.75) is 6.42 Å². The number of aliphatic hydroxyl groups excluding tert-OH is 1. The maximum absolute atomic E-state index is 8.84. The summed E-state index contributed by atoms with van der Waals surface area (Å²) in [7, 11) is 1.60. The van der Waals surface area contributed by atoms with Crippen LogP contribution in [0, 0.1) is 0 Å². The number of fused-ring (bicyclic) bond motifs is 1. The van der Waals surface area contributed by atoms with Gasteiger partial charge in [-0.05, 0) is 12.1 Å². The lowest BCUT2D eigenvalue weighted by Gasteiger charge is -2.06. The van der Waals surface area contributed by atoms with E-state index in [2.05, 4.69) is 9.97 Å². The van der Waals surface area contributed by atoms with Crippen molar-refractivity contribution in [2.75, 3.05) is 19.5 Å². The van der Waals surface area contributed by atoms with E-state index >= 15 is 0 Å². The van der Waals surface area contributed by atoms with Crippen LogP contribution in [0.15, 0.2) is 18.2 Å². The van der Waals surface area contributed by atoms with Crippen molar-refractivity contribution in [3.8, 4) is 5.75 Å². The molecule has 1 aromatic carbocycles. The van der Waals surface area contributed by atoms with Crippen LogP contribution < -0.4 is 10.5 Å². The van der Waals surface area contributed by atoms with Crippen LogP contribution in [0.4, 0.5) is 5.82 Å². The zero-order valence-corrected chi connectivity index (χ0v) is 8.97. The molecule has 5 nitrogen and oxygen atoms in total. The number of methoxy groups -OCH3 is 1. The van der Waals surface area contributed by atoms with E-state index in [1.54, 1.807) is 13.2 Å². The smallest absolute Gasteiger partial charge is 0.135 e. The second-order valence-corrected chi connectivity index (χ2v) is 3.38. The lowest BCUT2D eigenvalue weighted by molar-refractivity contribution is 0.297. The van der Waals surface area contributed by atoms with Crippen molar-refractivity contribution >= 4 is 16.7 Å². The van der Waals surface area contributed by atoms with Crippen molar-refractivity contribution < 1.29 is 9.84 Å². The first kappa shape index (κ1) is 10.6. The molecule has 0 aliphatic heterocycles. The fraction of sp³-hybridized carbons (Fsp3) is 0.273. The number of aromatic nitrogens is 2. The number of ether oxygens (including phenoxy) is 1. The monoisotopic (exact) mass is 219 g/mol. The molecule has 0 radical (unpaired) electrons. The van der Waals surface area contributed by atoms with Crippen LogP contribution >= 0.6 is 0 Å². The average molecular weight is 219 g/mol. The van der Waals surface area contributed by atoms with Crippen molar-refractivity contribution in [1.82, 2.24) is 9.97 Å². The Hall–Kier alpha value is -1.88. The number of anilines is 1. The number of nitrogens with zero attached hydrogens (tertiary/aromatic N) is 2. The van der Waals surface area contributed by atoms with Gasteiger partial charge in [0.2, 0.25) is 0 Å². The van der Waals surface area contributed by atoms with Crippen molar-refractivity contribution in [3.63, 3.8) is 0 Å². The molecule has 0 saturated heterocycles. The van der Waals surface area contributed by atoms with Crippen molar-refractivity contribution in [2.24, 2.45) is 0 Å². The van der Waals surface area contributed by atoms with E-state index in [1.165, 1.54) is 0 Å². The van der Waals surface area contributed by atoms with Crippen LogP contribution in [-0.4, -0.2) is 28.8 Å². The number of hydrogen-bond acceptors (Lipinski definition) is 5. The van der Waals surface area contributed by atoms with Crippen LogP contribution in [-0.2, 0) is 6.42 Å². The lowest BCUT2D eigenvalue weighted by Crippen LogP contribution is -2.03. The Balaban J connectivity index is 2.58. The number of nitrogen functional groups attached to an aromatic ring is 1. The van der Waals surface area contributed by atoms with E-state index in [9.17, 15) is 0 Å². The fourth-order valence-corrected chi connectivity index (χ4v) is 1.52.